The van der Waals surface area contributed by atoms with Crippen LogP contribution >= 0.6 is 0 Å². The average Bonchev–Trinajstić information content (AvgIpc) is 2.96. The number of carbonyl (C=O) groups is 1. The number of imidazole rings is 1. The Morgan fingerprint density at radius 1 is 1.40 bits per heavy atom. The van der Waals surface area contributed by atoms with Crippen LogP contribution in [-0.4, -0.2) is 20.6 Å². The molecule has 2 heterocycles. The molecule has 130 valence electrons. The van der Waals surface area contributed by atoms with Gasteiger partial charge in [0, 0.05) is 23.9 Å². The number of hydrogen-bond acceptors (Lipinski definition) is 2. The molecule has 1 fully saturated rings. The number of rotatable bonds is 3. The van der Waals surface area contributed by atoms with Gasteiger partial charge in [-0.05, 0) is 55.5 Å². The van der Waals surface area contributed by atoms with Crippen LogP contribution in [0.15, 0.2) is 36.2 Å². The van der Waals surface area contributed by atoms with Gasteiger partial charge in [0.15, 0.2) is 0 Å². The zero-order valence-electron chi connectivity index (χ0n) is 14.2. The van der Waals surface area contributed by atoms with E-state index >= 15 is 0 Å². The van der Waals surface area contributed by atoms with Gasteiger partial charge in [0.1, 0.15) is 5.82 Å². The molecule has 1 aromatic heterocycles. The fourth-order valence-electron chi connectivity index (χ4n) is 4.43. The lowest BCUT2D eigenvalue weighted by atomic mass is 9.62. The first-order valence-electron chi connectivity index (χ1n) is 8.71. The number of hydrogen-bond donors (Lipinski definition) is 1. The third kappa shape index (κ3) is 2.68. The predicted octanol–water partition coefficient (Wildman–Crippen LogP) is 4.37. The molecule has 0 saturated heterocycles. The quantitative estimate of drug-likeness (QED) is 0.903. The standard InChI is InChI=1S/C20H21FN2O2/c1-20-11-23-12-22-19(13-5-7-16(21)8-6-13)17(23)9-14(20)3-2-4-15(20)10-18(24)25/h5-9,12,15H,2-4,10-11H2,1H3,(H,24,25)/t15-,20+/m1/s1. The molecule has 4 rings (SSSR count). The molecule has 2 atom stereocenters. The Labute approximate surface area is 146 Å². The lowest BCUT2D eigenvalue weighted by Crippen LogP contribution is -2.40. The van der Waals surface area contributed by atoms with E-state index in [1.54, 1.807) is 12.1 Å². The number of benzene rings is 1. The van der Waals surface area contributed by atoms with E-state index in [0.717, 1.165) is 42.8 Å². The molecule has 0 radical (unpaired) electrons. The summed E-state index contributed by atoms with van der Waals surface area (Å²) in [5.74, 6) is -0.836. The van der Waals surface area contributed by atoms with E-state index in [-0.39, 0.29) is 23.6 Å². The van der Waals surface area contributed by atoms with Crippen LogP contribution in [0.25, 0.3) is 17.3 Å². The van der Waals surface area contributed by atoms with E-state index in [2.05, 4.69) is 22.6 Å². The second-order valence-corrected chi connectivity index (χ2v) is 7.39. The molecule has 1 saturated carbocycles. The minimum absolute atomic E-state index is 0.135. The Morgan fingerprint density at radius 3 is 2.88 bits per heavy atom. The minimum Gasteiger partial charge on any atom is -0.481 e. The van der Waals surface area contributed by atoms with Gasteiger partial charge in [-0.3, -0.25) is 4.79 Å². The number of carboxylic acids is 1. The van der Waals surface area contributed by atoms with Crippen molar-refractivity contribution in [1.29, 1.82) is 0 Å². The van der Waals surface area contributed by atoms with Crippen LogP contribution in [0.4, 0.5) is 4.39 Å². The van der Waals surface area contributed by atoms with Crippen molar-refractivity contribution >= 4 is 12.0 Å². The first-order chi connectivity index (χ1) is 12.0. The van der Waals surface area contributed by atoms with Gasteiger partial charge < -0.3 is 9.67 Å². The zero-order chi connectivity index (χ0) is 17.6. The summed E-state index contributed by atoms with van der Waals surface area (Å²) in [6.07, 6.45) is 7.19. The summed E-state index contributed by atoms with van der Waals surface area (Å²) in [6, 6.07) is 6.40. The van der Waals surface area contributed by atoms with Crippen LogP contribution in [0.5, 0.6) is 0 Å². The molecule has 0 bridgehead atoms. The van der Waals surface area contributed by atoms with Gasteiger partial charge in [-0.2, -0.15) is 0 Å². The molecular weight excluding hydrogens is 319 g/mol. The summed E-state index contributed by atoms with van der Waals surface area (Å²) in [4.78, 5) is 15.8. The Hall–Kier alpha value is -2.43. The fraction of sp³-hybridized carbons (Fsp3) is 0.400. The topological polar surface area (TPSA) is 55.1 Å². The van der Waals surface area contributed by atoms with Crippen molar-refractivity contribution in [2.45, 2.75) is 39.2 Å². The summed E-state index contributed by atoms with van der Waals surface area (Å²) in [5, 5.41) is 9.27. The van der Waals surface area contributed by atoms with E-state index in [0.29, 0.717) is 0 Å². The van der Waals surface area contributed by atoms with Gasteiger partial charge in [-0.1, -0.05) is 12.5 Å². The molecule has 1 N–H and O–H groups in total. The third-order valence-corrected chi connectivity index (χ3v) is 5.86. The van der Waals surface area contributed by atoms with Gasteiger partial charge >= 0.3 is 5.97 Å². The highest BCUT2D eigenvalue weighted by molar-refractivity contribution is 5.73. The molecule has 0 spiro atoms. The van der Waals surface area contributed by atoms with Crippen molar-refractivity contribution in [3.05, 3.63) is 47.7 Å². The summed E-state index contributed by atoms with van der Waals surface area (Å²) < 4.78 is 15.3. The molecule has 1 aliphatic carbocycles. The lowest BCUT2D eigenvalue weighted by Gasteiger charge is -2.46. The van der Waals surface area contributed by atoms with Crippen LogP contribution < -0.4 is 0 Å². The monoisotopic (exact) mass is 340 g/mol. The van der Waals surface area contributed by atoms with Gasteiger partial charge in [-0.25, -0.2) is 9.37 Å². The van der Waals surface area contributed by atoms with Crippen LogP contribution in [0.1, 0.15) is 38.3 Å². The van der Waals surface area contributed by atoms with E-state index in [9.17, 15) is 14.3 Å². The molecule has 2 aliphatic rings. The number of fused-ring (bicyclic) bond motifs is 2. The van der Waals surface area contributed by atoms with Crippen molar-refractivity contribution in [3.63, 3.8) is 0 Å². The second kappa shape index (κ2) is 5.83. The van der Waals surface area contributed by atoms with Gasteiger partial charge in [0.05, 0.1) is 17.7 Å². The highest BCUT2D eigenvalue weighted by atomic mass is 19.1. The van der Waals surface area contributed by atoms with Crippen molar-refractivity contribution in [2.24, 2.45) is 11.3 Å². The summed E-state index contributed by atoms with van der Waals surface area (Å²) in [7, 11) is 0. The van der Waals surface area contributed by atoms with Crippen LogP contribution in [0, 0.1) is 17.2 Å². The maximum absolute atomic E-state index is 13.2. The number of allylic oxidation sites excluding steroid dienone is 1. The van der Waals surface area contributed by atoms with Gasteiger partial charge in [0.25, 0.3) is 0 Å². The maximum atomic E-state index is 13.2. The summed E-state index contributed by atoms with van der Waals surface area (Å²) in [5.41, 5.74) is 3.98. The molecule has 5 heteroatoms. The molecule has 1 aromatic carbocycles. The van der Waals surface area contributed by atoms with Crippen molar-refractivity contribution in [1.82, 2.24) is 9.55 Å². The predicted molar refractivity (Wildman–Crippen MR) is 93.3 cm³/mol. The summed E-state index contributed by atoms with van der Waals surface area (Å²) >= 11 is 0. The lowest BCUT2D eigenvalue weighted by molar-refractivity contribution is -0.139. The third-order valence-electron chi connectivity index (χ3n) is 5.86. The van der Waals surface area contributed by atoms with Crippen LogP contribution in [0.2, 0.25) is 0 Å². The molecule has 0 amide bonds. The SMILES string of the molecule is C[C@]12Cn3cnc(-c4ccc(F)cc4)c3C=C1CCC[C@@H]2CC(=O)O. The molecule has 0 unspecified atom stereocenters. The first kappa shape index (κ1) is 16.1. The van der Waals surface area contributed by atoms with E-state index in [1.807, 2.05) is 6.33 Å². The van der Waals surface area contributed by atoms with Crippen LogP contribution in [-0.2, 0) is 11.3 Å². The molecule has 4 nitrogen and oxygen atoms in total. The van der Waals surface area contributed by atoms with E-state index in [1.165, 1.54) is 17.7 Å². The number of halogens is 1. The van der Waals surface area contributed by atoms with Gasteiger partial charge in [0.2, 0.25) is 0 Å². The summed E-state index contributed by atoms with van der Waals surface area (Å²) in [6.45, 7) is 2.94. The minimum atomic E-state index is -0.726. The van der Waals surface area contributed by atoms with Crippen LogP contribution in [0.3, 0.4) is 0 Å². The van der Waals surface area contributed by atoms with Crippen molar-refractivity contribution < 1.29 is 14.3 Å². The molecule has 2 aromatic rings. The normalized spacial score (nSPS) is 25.0. The Morgan fingerprint density at radius 2 is 2.16 bits per heavy atom. The number of nitrogens with zero attached hydrogens (tertiary/aromatic N) is 2. The molecular formula is C20H21FN2O2. The smallest absolute Gasteiger partial charge is 0.303 e. The maximum Gasteiger partial charge on any atom is 0.303 e. The Balaban J connectivity index is 1.74. The van der Waals surface area contributed by atoms with Crippen molar-refractivity contribution in [3.8, 4) is 11.3 Å². The highest BCUT2D eigenvalue weighted by Gasteiger charge is 2.43. The number of aromatic nitrogens is 2. The second-order valence-electron chi connectivity index (χ2n) is 7.39. The van der Waals surface area contributed by atoms with E-state index in [4.69, 9.17) is 0 Å². The van der Waals surface area contributed by atoms with E-state index < -0.39 is 5.97 Å². The van der Waals surface area contributed by atoms with Crippen molar-refractivity contribution in [2.75, 3.05) is 0 Å². The molecule has 25 heavy (non-hydrogen) atoms. The highest BCUT2D eigenvalue weighted by Crippen LogP contribution is 2.51. The Bertz CT molecular complexity index is 853. The number of aliphatic carboxylic acids is 1. The average molecular weight is 340 g/mol. The first-order valence-corrected chi connectivity index (χ1v) is 8.71. The Kier molecular flexibility index (Phi) is 3.74. The van der Waals surface area contributed by atoms with Gasteiger partial charge in [-0.15, -0.1) is 0 Å². The largest absolute Gasteiger partial charge is 0.481 e. The zero-order valence-corrected chi connectivity index (χ0v) is 14.2. The molecule has 1 aliphatic heterocycles. The fourth-order valence-corrected chi connectivity index (χ4v) is 4.43. The number of carboxylic acid groups (broad SMARTS) is 1.